The molecule has 0 bridgehead atoms. The van der Waals surface area contributed by atoms with Crippen molar-refractivity contribution in [2.24, 2.45) is 0 Å². The Morgan fingerprint density at radius 2 is 1.93 bits per heavy atom. The predicted molar refractivity (Wildman–Crippen MR) is 102 cm³/mol. The number of carbonyl (C=O) groups excluding carboxylic acids is 2. The highest BCUT2D eigenvalue weighted by Gasteiger charge is 2.08. The van der Waals surface area contributed by atoms with Crippen molar-refractivity contribution >= 4 is 35.4 Å². The molecule has 0 atom stereocenters. The Balaban J connectivity index is 1.81. The Kier molecular flexibility index (Phi) is 7.82. The Morgan fingerprint density at radius 3 is 2.57 bits per heavy atom. The first-order valence-corrected chi connectivity index (χ1v) is 8.82. The monoisotopic (exact) mass is 409 g/mol. The summed E-state index contributed by atoms with van der Waals surface area (Å²) in [5.41, 5.74) is 0.990. The van der Waals surface area contributed by atoms with Crippen LogP contribution in [-0.4, -0.2) is 36.5 Å². The van der Waals surface area contributed by atoms with Gasteiger partial charge >= 0.3 is 5.97 Å². The van der Waals surface area contributed by atoms with Gasteiger partial charge in [-0.05, 0) is 48.0 Å². The molecule has 0 saturated heterocycles. The molecule has 0 saturated carbocycles. The van der Waals surface area contributed by atoms with E-state index in [4.69, 9.17) is 9.47 Å². The van der Waals surface area contributed by atoms with Crippen LogP contribution in [0.25, 0.3) is 6.08 Å². The van der Waals surface area contributed by atoms with Crippen molar-refractivity contribution < 1.29 is 33.0 Å². The van der Waals surface area contributed by atoms with Crippen LogP contribution >= 0.6 is 11.8 Å². The molecule has 2 aromatic carbocycles. The lowest BCUT2D eigenvalue weighted by molar-refractivity contribution is -0.142. The lowest BCUT2D eigenvalue weighted by Crippen LogP contribution is -2.20. The molecule has 0 aromatic heterocycles. The summed E-state index contributed by atoms with van der Waals surface area (Å²) >= 11 is 0.402. The molecule has 0 heterocycles. The van der Waals surface area contributed by atoms with E-state index >= 15 is 0 Å². The van der Waals surface area contributed by atoms with Gasteiger partial charge in [0.25, 0.3) is 11.7 Å². The number of carbonyl (C=O) groups is 2. The average molecular weight is 409 g/mol. The maximum Gasteiger partial charge on any atom is 0.331 e. The number of nitrogens with one attached hydrogen (secondary N) is 1. The standard InChI is InChI=1S/C19H17F2NO5S/c1-26-16-10-12(2-8-15(16)23)3-9-18(25)27-11-17(24)22-13-4-6-14(7-5-13)28-19(20)21/h2-10,19,23H,11H2,1H3,(H,22,24)/b9-3+. The summed E-state index contributed by atoms with van der Waals surface area (Å²) in [6, 6.07) is 10.4. The van der Waals surface area contributed by atoms with Gasteiger partial charge in [0.1, 0.15) is 0 Å². The molecule has 0 spiro atoms. The highest BCUT2D eigenvalue weighted by atomic mass is 32.2. The first-order chi connectivity index (χ1) is 13.4. The second kappa shape index (κ2) is 10.3. The van der Waals surface area contributed by atoms with Gasteiger partial charge in [-0.15, -0.1) is 0 Å². The number of methoxy groups -OCH3 is 1. The van der Waals surface area contributed by atoms with Gasteiger partial charge in [0, 0.05) is 16.7 Å². The number of hydrogen-bond donors (Lipinski definition) is 2. The molecule has 6 nitrogen and oxygen atoms in total. The predicted octanol–water partition coefficient (Wildman–Crippen LogP) is 3.91. The maximum atomic E-state index is 12.3. The molecule has 0 aliphatic rings. The number of halogens is 2. The van der Waals surface area contributed by atoms with Crippen LogP contribution in [-0.2, 0) is 14.3 Å². The van der Waals surface area contributed by atoms with Crippen LogP contribution in [0, 0.1) is 0 Å². The number of hydrogen-bond acceptors (Lipinski definition) is 6. The SMILES string of the molecule is COc1cc(/C=C/C(=O)OCC(=O)Nc2ccc(SC(F)F)cc2)ccc1O. The first kappa shape index (κ1) is 21.2. The average Bonchev–Trinajstić information content (AvgIpc) is 2.67. The van der Waals surface area contributed by atoms with Crippen molar-refractivity contribution in [3.8, 4) is 11.5 Å². The van der Waals surface area contributed by atoms with Crippen LogP contribution in [0.2, 0.25) is 0 Å². The molecule has 2 rings (SSSR count). The van der Waals surface area contributed by atoms with Gasteiger partial charge < -0.3 is 19.9 Å². The third kappa shape index (κ3) is 6.92. The highest BCUT2D eigenvalue weighted by molar-refractivity contribution is 7.99. The van der Waals surface area contributed by atoms with Gasteiger partial charge in [0.2, 0.25) is 0 Å². The molecule has 1 amide bonds. The van der Waals surface area contributed by atoms with Crippen molar-refractivity contribution in [1.82, 2.24) is 0 Å². The van der Waals surface area contributed by atoms with E-state index in [2.05, 4.69) is 5.32 Å². The van der Waals surface area contributed by atoms with E-state index in [0.717, 1.165) is 6.08 Å². The summed E-state index contributed by atoms with van der Waals surface area (Å²) in [6.07, 6.45) is 2.58. The summed E-state index contributed by atoms with van der Waals surface area (Å²) in [5, 5.41) is 12.0. The number of ether oxygens (including phenoxy) is 2. The number of thioether (sulfide) groups is 1. The van der Waals surface area contributed by atoms with Crippen molar-refractivity contribution in [2.75, 3.05) is 19.0 Å². The van der Waals surface area contributed by atoms with Crippen LogP contribution in [0.3, 0.4) is 0 Å². The second-order valence-corrected chi connectivity index (χ2v) is 6.39. The molecule has 0 aliphatic heterocycles. The van der Waals surface area contributed by atoms with Crippen LogP contribution < -0.4 is 10.1 Å². The number of esters is 1. The van der Waals surface area contributed by atoms with Gasteiger partial charge in [0.05, 0.1) is 7.11 Å². The number of benzene rings is 2. The molecule has 0 fully saturated rings. The van der Waals surface area contributed by atoms with Crippen molar-refractivity contribution in [3.63, 3.8) is 0 Å². The van der Waals surface area contributed by atoms with Crippen molar-refractivity contribution in [2.45, 2.75) is 10.7 Å². The first-order valence-electron chi connectivity index (χ1n) is 7.94. The molecule has 9 heteroatoms. The number of alkyl halides is 2. The molecule has 0 aliphatic carbocycles. The molecule has 148 valence electrons. The fraction of sp³-hybridized carbons (Fsp3) is 0.158. The zero-order chi connectivity index (χ0) is 20.5. The minimum atomic E-state index is -2.52. The lowest BCUT2D eigenvalue weighted by atomic mass is 10.2. The van der Waals surface area contributed by atoms with Gasteiger partial charge in [0.15, 0.2) is 18.1 Å². The number of phenolic OH excluding ortho intramolecular Hbond substituents is 1. The summed E-state index contributed by atoms with van der Waals surface area (Å²) in [5.74, 6) is -3.59. The number of anilines is 1. The van der Waals surface area contributed by atoms with E-state index in [1.165, 1.54) is 49.6 Å². The Bertz CT molecular complexity index is 856. The third-order valence-corrected chi connectivity index (χ3v) is 4.05. The molecule has 0 radical (unpaired) electrons. The second-order valence-electron chi connectivity index (χ2n) is 5.32. The summed E-state index contributed by atoms with van der Waals surface area (Å²) in [6.45, 7) is -0.504. The molecular weight excluding hydrogens is 392 g/mol. The number of aromatic hydroxyl groups is 1. The smallest absolute Gasteiger partial charge is 0.331 e. The fourth-order valence-electron chi connectivity index (χ4n) is 2.06. The Morgan fingerprint density at radius 1 is 1.21 bits per heavy atom. The Hall–Kier alpha value is -3.07. The normalized spacial score (nSPS) is 10.9. The van der Waals surface area contributed by atoms with Gasteiger partial charge in [-0.25, -0.2) is 4.79 Å². The molecule has 2 aromatic rings. The summed E-state index contributed by atoms with van der Waals surface area (Å²) in [7, 11) is 1.40. The molecule has 2 N–H and O–H groups in total. The third-order valence-electron chi connectivity index (χ3n) is 3.32. The number of amides is 1. The zero-order valence-electron chi connectivity index (χ0n) is 14.7. The van der Waals surface area contributed by atoms with Crippen LogP contribution in [0.5, 0.6) is 11.5 Å². The van der Waals surface area contributed by atoms with Crippen LogP contribution in [0.4, 0.5) is 14.5 Å². The maximum absolute atomic E-state index is 12.3. The molecular formula is C19H17F2NO5S. The minimum absolute atomic E-state index is 0.0280. The van der Waals surface area contributed by atoms with Crippen LogP contribution in [0.1, 0.15) is 5.56 Å². The van der Waals surface area contributed by atoms with Crippen molar-refractivity contribution in [1.29, 1.82) is 0 Å². The van der Waals surface area contributed by atoms with Crippen molar-refractivity contribution in [3.05, 3.63) is 54.1 Å². The van der Waals surface area contributed by atoms with E-state index in [9.17, 15) is 23.5 Å². The number of phenols is 1. The number of rotatable bonds is 8. The topological polar surface area (TPSA) is 84.9 Å². The van der Waals surface area contributed by atoms with Gasteiger partial charge in [-0.3, -0.25) is 4.79 Å². The highest BCUT2D eigenvalue weighted by Crippen LogP contribution is 2.27. The minimum Gasteiger partial charge on any atom is -0.504 e. The molecule has 0 unspecified atom stereocenters. The van der Waals surface area contributed by atoms with E-state index in [-0.39, 0.29) is 11.5 Å². The van der Waals surface area contributed by atoms with E-state index in [1.54, 1.807) is 6.07 Å². The quantitative estimate of drug-likeness (QED) is 0.391. The summed E-state index contributed by atoms with van der Waals surface area (Å²) < 4.78 is 34.3. The zero-order valence-corrected chi connectivity index (χ0v) is 15.5. The lowest BCUT2D eigenvalue weighted by Gasteiger charge is -2.06. The Labute approximate surface area is 164 Å². The largest absolute Gasteiger partial charge is 0.504 e. The molecule has 28 heavy (non-hydrogen) atoms. The van der Waals surface area contributed by atoms with E-state index < -0.39 is 24.2 Å². The van der Waals surface area contributed by atoms with E-state index in [1.807, 2.05) is 0 Å². The van der Waals surface area contributed by atoms with Gasteiger partial charge in [-0.2, -0.15) is 8.78 Å². The van der Waals surface area contributed by atoms with E-state index in [0.29, 0.717) is 27.9 Å². The summed E-state index contributed by atoms with van der Waals surface area (Å²) in [4.78, 5) is 23.9. The fourth-order valence-corrected chi connectivity index (χ4v) is 2.56. The van der Waals surface area contributed by atoms with Gasteiger partial charge in [-0.1, -0.05) is 17.8 Å². The van der Waals surface area contributed by atoms with Crippen LogP contribution in [0.15, 0.2) is 53.4 Å².